The third kappa shape index (κ3) is 3.41. The molecule has 10 nitrogen and oxygen atoms in total. The van der Waals surface area contributed by atoms with E-state index in [1.54, 1.807) is 13.8 Å². The molecule has 0 atom stereocenters. The molecule has 164 valence electrons. The van der Waals surface area contributed by atoms with Crippen LogP contribution in [0, 0.1) is 47.9 Å². The van der Waals surface area contributed by atoms with Gasteiger partial charge in [-0.25, -0.2) is 0 Å². The number of anilines is 2. The van der Waals surface area contributed by atoms with Crippen molar-refractivity contribution in [2.24, 2.45) is 0 Å². The average Bonchev–Trinajstić information content (AvgIpc) is 2.70. The van der Waals surface area contributed by atoms with Crippen molar-refractivity contribution in [2.75, 3.05) is 11.5 Å². The van der Waals surface area contributed by atoms with Crippen LogP contribution in [0.2, 0.25) is 0 Å². The minimum Gasteiger partial charge on any atom is -0.398 e. The highest BCUT2D eigenvalue weighted by atomic mass is 16.6. The van der Waals surface area contributed by atoms with Crippen molar-refractivity contribution in [3.63, 3.8) is 0 Å². The van der Waals surface area contributed by atoms with E-state index in [2.05, 4.69) is 0 Å². The van der Waals surface area contributed by atoms with E-state index in [4.69, 9.17) is 11.5 Å². The minimum atomic E-state index is -0.614. The number of nitrogens with zero attached hydrogens (tertiary/aromatic N) is 2. The van der Waals surface area contributed by atoms with Crippen molar-refractivity contribution >= 4 is 45.5 Å². The Hall–Kier alpha value is -4.34. The Kier molecular flexibility index (Phi) is 5.40. The van der Waals surface area contributed by atoms with Gasteiger partial charge in [-0.15, -0.1) is 0 Å². The van der Waals surface area contributed by atoms with Crippen LogP contribution >= 0.6 is 0 Å². The molecule has 2 aromatic rings. The van der Waals surface area contributed by atoms with E-state index in [0.717, 1.165) is 12.2 Å². The van der Waals surface area contributed by atoms with Gasteiger partial charge in [0.2, 0.25) is 0 Å². The molecule has 0 spiro atoms. The Morgan fingerprint density at radius 3 is 1.28 bits per heavy atom. The van der Waals surface area contributed by atoms with E-state index in [9.17, 15) is 29.8 Å². The van der Waals surface area contributed by atoms with Crippen LogP contribution in [0.15, 0.2) is 24.3 Å². The summed E-state index contributed by atoms with van der Waals surface area (Å²) in [6.45, 7) is 6.04. The standard InChI is InChI=1S/C22H20N4O6/c1-9-5-15(25(29)30)11(3)19(21(9)23)13-7-18(28)14(8-17(13)27)20-12(4)16(26(31)32)6-10(2)22(20)24/h5-8H,23-24H2,1-4H3. The van der Waals surface area contributed by atoms with Crippen LogP contribution in [0.4, 0.5) is 22.7 Å². The summed E-state index contributed by atoms with van der Waals surface area (Å²) in [6.07, 6.45) is 2.10. The largest absolute Gasteiger partial charge is 0.398 e. The monoisotopic (exact) mass is 436 g/mol. The number of nitro benzene ring substituents is 2. The number of allylic oxidation sites excluding steroid dienone is 4. The molecule has 1 aliphatic carbocycles. The molecule has 0 saturated heterocycles. The number of benzene rings is 2. The lowest BCUT2D eigenvalue weighted by molar-refractivity contribution is -0.385. The fourth-order valence-corrected chi connectivity index (χ4v) is 3.86. The van der Waals surface area contributed by atoms with Crippen molar-refractivity contribution in [3.8, 4) is 0 Å². The Morgan fingerprint density at radius 1 is 0.688 bits per heavy atom. The first-order chi connectivity index (χ1) is 14.9. The zero-order valence-corrected chi connectivity index (χ0v) is 17.8. The quantitative estimate of drug-likeness (QED) is 0.317. The lowest BCUT2D eigenvalue weighted by Gasteiger charge is -2.19. The van der Waals surface area contributed by atoms with E-state index >= 15 is 0 Å². The maximum Gasteiger partial charge on any atom is 0.273 e. The molecule has 3 rings (SSSR count). The molecule has 0 bridgehead atoms. The van der Waals surface area contributed by atoms with Crippen LogP contribution in [0.25, 0.3) is 11.1 Å². The zero-order chi connectivity index (χ0) is 24.1. The summed E-state index contributed by atoms with van der Waals surface area (Å²) in [5, 5.41) is 22.8. The van der Waals surface area contributed by atoms with Crippen LogP contribution < -0.4 is 11.5 Å². The van der Waals surface area contributed by atoms with Crippen molar-refractivity contribution in [2.45, 2.75) is 27.7 Å². The highest BCUT2D eigenvalue weighted by molar-refractivity contribution is 6.45. The number of nitrogen functional groups attached to an aromatic ring is 2. The Bertz CT molecular complexity index is 1220. The maximum atomic E-state index is 13.1. The third-order valence-electron chi connectivity index (χ3n) is 5.63. The summed E-state index contributed by atoms with van der Waals surface area (Å²) < 4.78 is 0. The number of nitrogens with two attached hydrogens (primary N) is 2. The summed E-state index contributed by atoms with van der Waals surface area (Å²) in [6, 6.07) is 2.61. The van der Waals surface area contributed by atoms with Gasteiger partial charge in [0, 0.05) is 56.9 Å². The van der Waals surface area contributed by atoms with Crippen LogP contribution in [-0.4, -0.2) is 21.4 Å². The molecule has 2 aromatic carbocycles. The lowest BCUT2D eigenvalue weighted by atomic mass is 9.83. The van der Waals surface area contributed by atoms with Crippen molar-refractivity contribution in [3.05, 3.63) is 77.9 Å². The predicted molar refractivity (Wildman–Crippen MR) is 120 cm³/mol. The minimum absolute atomic E-state index is 0.0843. The maximum absolute atomic E-state index is 13.1. The van der Waals surface area contributed by atoms with Crippen LogP contribution in [0.1, 0.15) is 33.4 Å². The number of carbonyl (C=O) groups is 2. The highest BCUT2D eigenvalue weighted by Gasteiger charge is 2.31. The highest BCUT2D eigenvalue weighted by Crippen LogP contribution is 2.40. The van der Waals surface area contributed by atoms with Gasteiger partial charge in [0.1, 0.15) is 0 Å². The molecule has 32 heavy (non-hydrogen) atoms. The predicted octanol–water partition coefficient (Wildman–Crippen LogP) is 3.52. The number of ketones is 2. The molecule has 0 amide bonds. The van der Waals surface area contributed by atoms with Crippen molar-refractivity contribution < 1.29 is 19.4 Å². The van der Waals surface area contributed by atoms with Crippen LogP contribution in [0.3, 0.4) is 0 Å². The fraction of sp³-hybridized carbons (Fsp3) is 0.182. The number of hydrogen-bond acceptors (Lipinski definition) is 8. The first-order valence-corrected chi connectivity index (χ1v) is 9.47. The topological polar surface area (TPSA) is 172 Å². The molecule has 4 N–H and O–H groups in total. The molecule has 10 heteroatoms. The number of carbonyl (C=O) groups excluding carboxylic acids is 2. The summed E-state index contributed by atoms with van der Waals surface area (Å²) in [5.74, 6) is -1.23. The molecular weight excluding hydrogens is 416 g/mol. The average molecular weight is 436 g/mol. The van der Waals surface area contributed by atoms with Gasteiger partial charge < -0.3 is 11.5 Å². The second-order valence-electron chi connectivity index (χ2n) is 7.61. The van der Waals surface area contributed by atoms with E-state index in [1.807, 2.05) is 0 Å². The van der Waals surface area contributed by atoms with Gasteiger partial charge >= 0.3 is 0 Å². The fourth-order valence-electron chi connectivity index (χ4n) is 3.86. The second-order valence-corrected chi connectivity index (χ2v) is 7.61. The van der Waals surface area contributed by atoms with Crippen LogP contribution in [0.5, 0.6) is 0 Å². The molecular formula is C22H20N4O6. The number of hydrogen-bond donors (Lipinski definition) is 2. The molecule has 0 aliphatic heterocycles. The second kappa shape index (κ2) is 7.73. The molecule has 0 fully saturated rings. The van der Waals surface area contributed by atoms with E-state index in [1.165, 1.54) is 26.0 Å². The van der Waals surface area contributed by atoms with Gasteiger partial charge in [0.25, 0.3) is 11.4 Å². The molecule has 0 aromatic heterocycles. The van der Waals surface area contributed by atoms with Crippen molar-refractivity contribution in [1.82, 2.24) is 0 Å². The van der Waals surface area contributed by atoms with Gasteiger partial charge in [-0.2, -0.15) is 0 Å². The summed E-state index contributed by atoms with van der Waals surface area (Å²) in [5.41, 5.74) is 13.2. The van der Waals surface area contributed by atoms with E-state index in [0.29, 0.717) is 11.1 Å². The third-order valence-corrected chi connectivity index (χ3v) is 5.63. The smallest absolute Gasteiger partial charge is 0.273 e. The van der Waals surface area contributed by atoms with Crippen molar-refractivity contribution in [1.29, 1.82) is 0 Å². The van der Waals surface area contributed by atoms with Gasteiger partial charge in [-0.3, -0.25) is 29.8 Å². The SMILES string of the molecule is Cc1cc([N+](=O)[O-])c(C)c(C2=CC(=O)C(c3c(C)c([N+](=O)[O-])cc(C)c3N)=CC2=O)c1N. The first kappa shape index (κ1) is 22.3. The lowest BCUT2D eigenvalue weighted by Crippen LogP contribution is -2.16. The van der Waals surface area contributed by atoms with Gasteiger partial charge in [-0.05, 0) is 51.0 Å². The van der Waals surface area contributed by atoms with Gasteiger partial charge in [0.05, 0.1) is 9.85 Å². The number of rotatable bonds is 4. The summed E-state index contributed by atoms with van der Waals surface area (Å²) in [4.78, 5) is 47.7. The zero-order valence-electron chi connectivity index (χ0n) is 17.8. The van der Waals surface area contributed by atoms with Crippen LogP contribution in [-0.2, 0) is 9.59 Å². The summed E-state index contributed by atoms with van der Waals surface area (Å²) >= 11 is 0. The Morgan fingerprint density at radius 2 is 1.00 bits per heavy atom. The molecule has 1 aliphatic rings. The molecule has 0 heterocycles. The number of nitro groups is 2. The molecule has 0 radical (unpaired) electrons. The van der Waals surface area contributed by atoms with Gasteiger partial charge in [0.15, 0.2) is 11.6 Å². The normalized spacial score (nSPS) is 13.6. The first-order valence-electron chi connectivity index (χ1n) is 9.47. The van der Waals surface area contributed by atoms with E-state index < -0.39 is 21.4 Å². The molecule has 0 unspecified atom stereocenters. The number of aryl methyl sites for hydroxylation is 2. The Balaban J connectivity index is 2.23. The molecule has 0 saturated carbocycles. The van der Waals surface area contributed by atoms with Gasteiger partial charge in [-0.1, -0.05) is 0 Å². The van der Waals surface area contributed by atoms with E-state index in [-0.39, 0.29) is 56.1 Å². The summed E-state index contributed by atoms with van der Waals surface area (Å²) in [7, 11) is 0. The Labute approximate surface area is 182 Å².